The molecular weight excluding hydrogens is 244 g/mol. The van der Waals surface area contributed by atoms with Crippen LogP contribution in [0.3, 0.4) is 0 Å². The summed E-state index contributed by atoms with van der Waals surface area (Å²) in [5.74, 6) is -0.452. The van der Waals surface area contributed by atoms with Crippen molar-refractivity contribution in [2.24, 2.45) is 5.41 Å². The van der Waals surface area contributed by atoms with Crippen LogP contribution in [0.5, 0.6) is 5.75 Å². The Bertz CT molecular complexity index is 458. The SMILES string of the molecule is CC(C)Oc1ccc(C(=O)C(C)(C)CC(=O)O)cc1. The van der Waals surface area contributed by atoms with E-state index in [0.717, 1.165) is 0 Å². The number of ether oxygens (including phenoxy) is 1. The number of aliphatic carboxylic acids is 1. The molecule has 0 bridgehead atoms. The first-order valence-corrected chi connectivity index (χ1v) is 6.25. The molecule has 4 heteroatoms. The largest absolute Gasteiger partial charge is 0.491 e. The lowest BCUT2D eigenvalue weighted by Crippen LogP contribution is -2.27. The Kier molecular flexibility index (Phi) is 4.70. The van der Waals surface area contributed by atoms with Crippen LogP contribution in [0.25, 0.3) is 0 Å². The first-order chi connectivity index (χ1) is 8.72. The number of benzene rings is 1. The van der Waals surface area contributed by atoms with E-state index in [-0.39, 0.29) is 18.3 Å². The highest BCUT2D eigenvalue weighted by atomic mass is 16.5. The Balaban J connectivity index is 2.86. The second kappa shape index (κ2) is 5.87. The van der Waals surface area contributed by atoms with E-state index in [4.69, 9.17) is 9.84 Å². The Morgan fingerprint density at radius 3 is 2.16 bits per heavy atom. The molecule has 4 nitrogen and oxygen atoms in total. The summed E-state index contributed by atoms with van der Waals surface area (Å²) in [4.78, 5) is 23.0. The molecule has 1 N–H and O–H groups in total. The van der Waals surface area contributed by atoms with Crippen molar-refractivity contribution >= 4 is 11.8 Å². The third-order valence-electron chi connectivity index (χ3n) is 2.70. The van der Waals surface area contributed by atoms with Gasteiger partial charge in [-0.25, -0.2) is 0 Å². The zero-order valence-electron chi connectivity index (χ0n) is 11.8. The summed E-state index contributed by atoms with van der Waals surface area (Å²) in [6.45, 7) is 7.13. The summed E-state index contributed by atoms with van der Waals surface area (Å²) in [6, 6.07) is 6.79. The summed E-state index contributed by atoms with van der Waals surface area (Å²) in [6.07, 6.45) is -0.110. The van der Waals surface area contributed by atoms with Crippen LogP contribution in [0.1, 0.15) is 44.5 Å². The van der Waals surface area contributed by atoms with E-state index in [1.165, 1.54) is 0 Å². The van der Waals surface area contributed by atoms with Gasteiger partial charge in [0.2, 0.25) is 0 Å². The minimum atomic E-state index is -0.974. The molecule has 1 rings (SSSR count). The maximum absolute atomic E-state index is 12.2. The van der Waals surface area contributed by atoms with E-state index in [9.17, 15) is 9.59 Å². The molecule has 1 aromatic carbocycles. The predicted molar refractivity (Wildman–Crippen MR) is 72.6 cm³/mol. The quantitative estimate of drug-likeness (QED) is 0.802. The number of hydrogen-bond donors (Lipinski definition) is 1. The van der Waals surface area contributed by atoms with Crippen molar-refractivity contribution < 1.29 is 19.4 Å². The van der Waals surface area contributed by atoms with Gasteiger partial charge in [0.1, 0.15) is 5.75 Å². The lowest BCUT2D eigenvalue weighted by molar-refractivity contribution is -0.138. The fourth-order valence-corrected chi connectivity index (χ4v) is 1.81. The fraction of sp³-hybridized carbons (Fsp3) is 0.467. The highest BCUT2D eigenvalue weighted by Crippen LogP contribution is 2.27. The molecule has 0 aromatic heterocycles. The van der Waals surface area contributed by atoms with Crippen molar-refractivity contribution in [3.05, 3.63) is 29.8 Å². The maximum Gasteiger partial charge on any atom is 0.304 e. The molecular formula is C15H20O4. The van der Waals surface area contributed by atoms with Crippen molar-refractivity contribution in [3.63, 3.8) is 0 Å². The highest BCUT2D eigenvalue weighted by Gasteiger charge is 2.31. The van der Waals surface area contributed by atoms with Gasteiger partial charge in [-0.05, 0) is 38.1 Å². The number of Topliss-reactive ketones (excluding diaryl/α,β-unsaturated/α-hetero) is 1. The van der Waals surface area contributed by atoms with Crippen molar-refractivity contribution in [3.8, 4) is 5.75 Å². The molecule has 0 amide bonds. The van der Waals surface area contributed by atoms with Gasteiger partial charge in [-0.1, -0.05) is 13.8 Å². The number of carboxylic acid groups (broad SMARTS) is 1. The second-order valence-corrected chi connectivity index (χ2v) is 5.47. The molecule has 104 valence electrons. The van der Waals surface area contributed by atoms with Gasteiger partial charge < -0.3 is 9.84 Å². The topological polar surface area (TPSA) is 63.6 Å². The molecule has 0 aliphatic carbocycles. The van der Waals surface area contributed by atoms with Gasteiger partial charge in [0.05, 0.1) is 12.5 Å². The summed E-state index contributed by atoms with van der Waals surface area (Å²) < 4.78 is 5.49. The molecule has 0 fully saturated rings. The molecule has 0 aliphatic rings. The van der Waals surface area contributed by atoms with Gasteiger partial charge in [0, 0.05) is 11.0 Å². The van der Waals surface area contributed by atoms with Crippen LogP contribution in [-0.4, -0.2) is 23.0 Å². The third kappa shape index (κ3) is 4.39. The lowest BCUT2D eigenvalue weighted by Gasteiger charge is -2.21. The number of ketones is 1. The molecule has 0 spiro atoms. The van der Waals surface area contributed by atoms with Gasteiger partial charge in [0.15, 0.2) is 5.78 Å². The Morgan fingerprint density at radius 1 is 1.21 bits per heavy atom. The number of carbonyl (C=O) groups excluding carboxylic acids is 1. The van der Waals surface area contributed by atoms with E-state index in [2.05, 4.69) is 0 Å². The molecule has 0 radical (unpaired) electrons. The third-order valence-corrected chi connectivity index (χ3v) is 2.70. The minimum Gasteiger partial charge on any atom is -0.491 e. The second-order valence-electron chi connectivity index (χ2n) is 5.47. The normalized spacial score (nSPS) is 11.4. The molecule has 0 unspecified atom stereocenters. The molecule has 0 atom stereocenters. The molecule has 19 heavy (non-hydrogen) atoms. The maximum atomic E-state index is 12.2. The van der Waals surface area contributed by atoms with Gasteiger partial charge >= 0.3 is 5.97 Å². The Hall–Kier alpha value is -1.84. The van der Waals surface area contributed by atoms with E-state index >= 15 is 0 Å². The van der Waals surface area contributed by atoms with Crippen molar-refractivity contribution in [1.29, 1.82) is 0 Å². The standard InChI is InChI=1S/C15H20O4/c1-10(2)19-12-7-5-11(6-8-12)14(18)15(3,4)9-13(16)17/h5-8,10H,9H2,1-4H3,(H,16,17). The van der Waals surface area contributed by atoms with Crippen LogP contribution in [0.2, 0.25) is 0 Å². The first kappa shape index (κ1) is 15.2. The highest BCUT2D eigenvalue weighted by molar-refractivity contribution is 6.01. The van der Waals surface area contributed by atoms with E-state index in [1.54, 1.807) is 38.1 Å². The lowest BCUT2D eigenvalue weighted by atomic mass is 9.81. The summed E-state index contributed by atoms with van der Waals surface area (Å²) in [5, 5.41) is 8.82. The van der Waals surface area contributed by atoms with Crippen LogP contribution in [0.4, 0.5) is 0 Å². The van der Waals surface area contributed by atoms with Gasteiger partial charge in [-0.2, -0.15) is 0 Å². The van der Waals surface area contributed by atoms with Crippen molar-refractivity contribution in [2.45, 2.75) is 40.2 Å². The van der Waals surface area contributed by atoms with Gasteiger partial charge in [-0.3, -0.25) is 9.59 Å². The zero-order valence-corrected chi connectivity index (χ0v) is 11.8. The average Bonchev–Trinajstić information content (AvgIpc) is 2.26. The van der Waals surface area contributed by atoms with E-state index < -0.39 is 11.4 Å². The smallest absolute Gasteiger partial charge is 0.304 e. The molecule has 0 aliphatic heterocycles. The van der Waals surface area contributed by atoms with Gasteiger partial charge in [-0.15, -0.1) is 0 Å². The number of carbonyl (C=O) groups is 2. The number of rotatable bonds is 6. The summed E-state index contributed by atoms with van der Waals surface area (Å²) in [7, 11) is 0. The Morgan fingerprint density at radius 2 is 1.74 bits per heavy atom. The van der Waals surface area contributed by atoms with Crippen LogP contribution in [0.15, 0.2) is 24.3 Å². The summed E-state index contributed by atoms with van der Waals surface area (Å²) in [5.41, 5.74) is -0.408. The van der Waals surface area contributed by atoms with Gasteiger partial charge in [0.25, 0.3) is 0 Å². The molecule has 0 saturated carbocycles. The number of hydrogen-bond acceptors (Lipinski definition) is 3. The van der Waals surface area contributed by atoms with Crippen molar-refractivity contribution in [2.75, 3.05) is 0 Å². The zero-order chi connectivity index (χ0) is 14.6. The van der Waals surface area contributed by atoms with E-state index in [0.29, 0.717) is 11.3 Å². The predicted octanol–water partition coefficient (Wildman–Crippen LogP) is 3.16. The van der Waals surface area contributed by atoms with Crippen LogP contribution < -0.4 is 4.74 Å². The minimum absolute atomic E-state index is 0.0741. The number of carboxylic acids is 1. The first-order valence-electron chi connectivity index (χ1n) is 6.25. The molecule has 0 saturated heterocycles. The fourth-order valence-electron chi connectivity index (χ4n) is 1.81. The van der Waals surface area contributed by atoms with Crippen molar-refractivity contribution in [1.82, 2.24) is 0 Å². The van der Waals surface area contributed by atoms with Crippen LogP contribution >= 0.6 is 0 Å². The molecule has 1 aromatic rings. The summed E-state index contributed by atoms with van der Waals surface area (Å²) >= 11 is 0. The van der Waals surface area contributed by atoms with E-state index in [1.807, 2.05) is 13.8 Å². The Labute approximate surface area is 113 Å². The van der Waals surface area contributed by atoms with Crippen LogP contribution in [-0.2, 0) is 4.79 Å². The molecule has 0 heterocycles. The monoisotopic (exact) mass is 264 g/mol. The van der Waals surface area contributed by atoms with Crippen LogP contribution in [0, 0.1) is 5.41 Å². The average molecular weight is 264 g/mol.